The van der Waals surface area contributed by atoms with Crippen molar-refractivity contribution in [2.24, 2.45) is 0 Å². The Balaban J connectivity index is 1.56. The van der Waals surface area contributed by atoms with Gasteiger partial charge in [0.1, 0.15) is 22.5 Å². The maximum Gasteiger partial charge on any atom is 0.345 e. The van der Waals surface area contributed by atoms with Gasteiger partial charge in [0.25, 0.3) is 11.6 Å². The fraction of sp³-hybridized carbons (Fsp3) is 0.130. The number of anilines is 1. The first kappa shape index (κ1) is 22.1. The second-order valence-electron chi connectivity index (χ2n) is 7.10. The molecule has 1 atom stereocenters. The number of furan rings is 1. The average Bonchev–Trinajstić information content (AvgIpc) is 3.15. The molecule has 3 aromatic carbocycles. The minimum absolute atomic E-state index is 0.0946. The van der Waals surface area contributed by atoms with Crippen molar-refractivity contribution >= 4 is 56.8 Å². The van der Waals surface area contributed by atoms with Gasteiger partial charge in [-0.1, -0.05) is 29.8 Å². The molecule has 0 aliphatic heterocycles. The van der Waals surface area contributed by atoms with E-state index in [1.165, 1.54) is 26.2 Å². The van der Waals surface area contributed by atoms with Gasteiger partial charge in [-0.05, 0) is 31.2 Å². The zero-order valence-electron chi connectivity index (χ0n) is 17.5. The van der Waals surface area contributed by atoms with Crippen LogP contribution < -0.4 is 10.1 Å². The van der Waals surface area contributed by atoms with E-state index in [1.54, 1.807) is 12.1 Å². The van der Waals surface area contributed by atoms with Crippen LogP contribution in [-0.2, 0) is 9.53 Å². The molecule has 0 fully saturated rings. The van der Waals surface area contributed by atoms with Gasteiger partial charge in [-0.25, -0.2) is 4.79 Å². The van der Waals surface area contributed by atoms with Gasteiger partial charge in [0.2, 0.25) is 0 Å². The van der Waals surface area contributed by atoms with Gasteiger partial charge < -0.3 is 19.2 Å². The lowest BCUT2D eigenvalue weighted by atomic mass is 10.1. The molecule has 0 spiro atoms. The minimum Gasteiger partial charge on any atom is -0.495 e. The number of hydrogen-bond acceptors (Lipinski definition) is 7. The summed E-state index contributed by atoms with van der Waals surface area (Å²) in [7, 11) is 1.46. The largest absolute Gasteiger partial charge is 0.495 e. The van der Waals surface area contributed by atoms with Crippen LogP contribution in [-0.4, -0.2) is 30.0 Å². The number of methoxy groups -OCH3 is 1. The number of nitrogens with one attached hydrogen (secondary N) is 1. The first-order valence-electron chi connectivity index (χ1n) is 9.73. The Morgan fingerprint density at radius 3 is 2.58 bits per heavy atom. The lowest BCUT2D eigenvalue weighted by molar-refractivity contribution is -0.385. The summed E-state index contributed by atoms with van der Waals surface area (Å²) in [4.78, 5) is 35.6. The first-order chi connectivity index (χ1) is 15.8. The molecule has 0 saturated carbocycles. The van der Waals surface area contributed by atoms with Crippen molar-refractivity contribution in [1.82, 2.24) is 0 Å². The van der Waals surface area contributed by atoms with Crippen molar-refractivity contribution in [2.75, 3.05) is 12.4 Å². The van der Waals surface area contributed by atoms with Gasteiger partial charge in [-0.2, -0.15) is 0 Å². The maximum absolute atomic E-state index is 12.7. The van der Waals surface area contributed by atoms with Crippen molar-refractivity contribution in [3.05, 3.63) is 75.3 Å². The Morgan fingerprint density at radius 2 is 1.85 bits per heavy atom. The molecule has 0 aliphatic rings. The zero-order valence-corrected chi connectivity index (χ0v) is 18.2. The van der Waals surface area contributed by atoms with E-state index in [4.69, 9.17) is 25.5 Å². The Bertz CT molecular complexity index is 1410. The Morgan fingerprint density at radius 1 is 1.09 bits per heavy atom. The topological polar surface area (TPSA) is 121 Å². The molecule has 10 heteroatoms. The second kappa shape index (κ2) is 8.79. The van der Waals surface area contributed by atoms with E-state index in [0.717, 1.165) is 16.8 Å². The number of amides is 1. The van der Waals surface area contributed by atoms with Gasteiger partial charge in [0, 0.05) is 27.9 Å². The summed E-state index contributed by atoms with van der Waals surface area (Å²) in [6.07, 6.45) is -1.26. The van der Waals surface area contributed by atoms with Crippen LogP contribution in [0.15, 0.2) is 59.0 Å². The standard InChI is InChI=1S/C23H17ClN2O7/c1-12(32-23(28)15-8-7-13(24)9-18(15)26(29)30)22(27)25-17-11-20-16(10-21(17)31-2)14-5-3-4-6-19(14)33-20/h3-12H,1-2H3,(H,25,27). The van der Waals surface area contributed by atoms with Crippen LogP contribution in [0.25, 0.3) is 21.9 Å². The lowest BCUT2D eigenvalue weighted by Crippen LogP contribution is -2.30. The fourth-order valence-electron chi connectivity index (χ4n) is 3.36. The summed E-state index contributed by atoms with van der Waals surface area (Å²) in [6.45, 7) is 1.35. The molecule has 0 bridgehead atoms. The summed E-state index contributed by atoms with van der Waals surface area (Å²) in [5, 5.41) is 15.7. The van der Waals surface area contributed by atoms with E-state index in [-0.39, 0.29) is 10.6 Å². The van der Waals surface area contributed by atoms with Crippen molar-refractivity contribution in [3.8, 4) is 5.75 Å². The molecule has 0 radical (unpaired) electrons. The third-order valence-electron chi connectivity index (χ3n) is 4.99. The molecule has 168 valence electrons. The van der Waals surface area contributed by atoms with E-state index in [1.807, 2.05) is 24.3 Å². The highest BCUT2D eigenvalue weighted by molar-refractivity contribution is 6.31. The van der Waals surface area contributed by atoms with Crippen molar-refractivity contribution in [3.63, 3.8) is 0 Å². The van der Waals surface area contributed by atoms with Crippen molar-refractivity contribution in [2.45, 2.75) is 13.0 Å². The smallest absolute Gasteiger partial charge is 0.345 e. The number of nitro groups is 1. The molecule has 0 aliphatic carbocycles. The van der Waals surface area contributed by atoms with Gasteiger partial charge in [0.15, 0.2) is 6.10 Å². The van der Waals surface area contributed by atoms with Crippen LogP contribution in [0.1, 0.15) is 17.3 Å². The molecule has 1 N–H and O–H groups in total. The number of benzene rings is 3. The van der Waals surface area contributed by atoms with Crippen LogP contribution in [0, 0.1) is 10.1 Å². The Kier molecular flexibility index (Phi) is 5.89. The quantitative estimate of drug-likeness (QED) is 0.230. The van der Waals surface area contributed by atoms with Gasteiger partial charge >= 0.3 is 5.97 Å². The monoisotopic (exact) mass is 468 g/mol. The minimum atomic E-state index is -1.26. The summed E-state index contributed by atoms with van der Waals surface area (Å²) >= 11 is 5.77. The van der Waals surface area contributed by atoms with E-state index in [2.05, 4.69) is 5.32 Å². The summed E-state index contributed by atoms with van der Waals surface area (Å²) in [6, 6.07) is 14.4. The van der Waals surface area contributed by atoms with Crippen LogP contribution in [0.4, 0.5) is 11.4 Å². The average molecular weight is 469 g/mol. The molecule has 1 aromatic heterocycles. The van der Waals surface area contributed by atoms with Crippen molar-refractivity contribution < 1.29 is 28.4 Å². The summed E-state index contributed by atoms with van der Waals surface area (Å²) < 4.78 is 16.4. The number of ether oxygens (including phenoxy) is 2. The van der Waals surface area contributed by atoms with Crippen LogP contribution in [0.2, 0.25) is 5.02 Å². The van der Waals surface area contributed by atoms with E-state index < -0.39 is 28.6 Å². The lowest BCUT2D eigenvalue weighted by Gasteiger charge is -2.15. The number of nitrogens with zero attached hydrogens (tertiary/aromatic N) is 1. The molecular formula is C23H17ClN2O7. The third-order valence-corrected chi connectivity index (χ3v) is 5.22. The number of carbonyl (C=O) groups excluding carboxylic acids is 2. The Labute approximate surface area is 192 Å². The van der Waals surface area contributed by atoms with Crippen LogP contribution >= 0.6 is 11.6 Å². The Hall–Kier alpha value is -4.11. The van der Waals surface area contributed by atoms with Gasteiger partial charge in [-0.3, -0.25) is 14.9 Å². The number of hydrogen-bond donors (Lipinski definition) is 1. The molecular weight excluding hydrogens is 452 g/mol. The number of rotatable bonds is 6. The number of esters is 1. The predicted molar refractivity (Wildman–Crippen MR) is 122 cm³/mol. The first-order valence-corrected chi connectivity index (χ1v) is 10.1. The highest BCUT2D eigenvalue weighted by atomic mass is 35.5. The highest BCUT2D eigenvalue weighted by Crippen LogP contribution is 2.36. The number of nitro benzene ring substituents is 1. The zero-order chi connectivity index (χ0) is 23.7. The molecule has 4 aromatic rings. The van der Waals surface area contributed by atoms with Crippen LogP contribution in [0.3, 0.4) is 0 Å². The van der Waals surface area contributed by atoms with Gasteiger partial charge in [0.05, 0.1) is 17.7 Å². The van der Waals surface area contributed by atoms with Crippen molar-refractivity contribution in [1.29, 1.82) is 0 Å². The molecule has 4 rings (SSSR count). The number of halogens is 1. The number of fused-ring (bicyclic) bond motifs is 3. The molecule has 9 nitrogen and oxygen atoms in total. The number of para-hydroxylation sites is 1. The molecule has 1 amide bonds. The summed E-state index contributed by atoms with van der Waals surface area (Å²) in [5.41, 5.74) is 0.704. The van der Waals surface area contributed by atoms with E-state index in [9.17, 15) is 19.7 Å². The normalized spacial score (nSPS) is 11.8. The second-order valence-corrected chi connectivity index (χ2v) is 7.54. The molecule has 1 heterocycles. The molecule has 33 heavy (non-hydrogen) atoms. The summed E-state index contributed by atoms with van der Waals surface area (Å²) in [5.74, 6) is -1.30. The van der Waals surface area contributed by atoms with E-state index >= 15 is 0 Å². The number of carbonyl (C=O) groups is 2. The maximum atomic E-state index is 12.7. The predicted octanol–water partition coefficient (Wildman–Crippen LogP) is 5.34. The molecule has 0 saturated heterocycles. The highest BCUT2D eigenvalue weighted by Gasteiger charge is 2.26. The van der Waals surface area contributed by atoms with E-state index in [0.29, 0.717) is 22.6 Å². The fourth-order valence-corrected chi connectivity index (χ4v) is 3.52. The third kappa shape index (κ3) is 4.31. The van der Waals surface area contributed by atoms with Gasteiger partial charge in [-0.15, -0.1) is 0 Å². The molecule has 1 unspecified atom stereocenters. The SMILES string of the molecule is COc1cc2c(cc1NC(=O)C(C)OC(=O)c1ccc(Cl)cc1[N+](=O)[O-])oc1ccccc12. The van der Waals surface area contributed by atoms with Crippen LogP contribution in [0.5, 0.6) is 5.75 Å².